The summed E-state index contributed by atoms with van der Waals surface area (Å²) >= 11 is 0. The molecule has 33 heavy (non-hydrogen) atoms. The molecule has 0 heterocycles. The Bertz CT molecular complexity index is 865. The van der Waals surface area contributed by atoms with Crippen molar-refractivity contribution in [3.8, 4) is 0 Å². The second kappa shape index (κ2) is 7.34. The van der Waals surface area contributed by atoms with E-state index in [4.69, 9.17) is 0 Å². The molecule has 0 aromatic rings. The number of oxime groups is 1. The largest absolute Gasteiger partial charge is 0.411 e. The van der Waals surface area contributed by atoms with Crippen molar-refractivity contribution in [1.82, 2.24) is 0 Å². The van der Waals surface area contributed by atoms with Gasteiger partial charge in [0.15, 0.2) is 0 Å². The molecule has 0 saturated heterocycles. The molecule has 3 nitrogen and oxygen atoms in total. The van der Waals surface area contributed by atoms with Gasteiger partial charge in [-0.2, -0.15) is 0 Å². The van der Waals surface area contributed by atoms with E-state index in [1.165, 1.54) is 50.5 Å². The summed E-state index contributed by atoms with van der Waals surface area (Å²) in [5.74, 6) is 3.41. The molecule has 0 bridgehead atoms. The highest BCUT2D eigenvalue weighted by molar-refractivity contribution is 5.91. The highest BCUT2D eigenvalue weighted by Crippen LogP contribution is 2.77. The molecule has 0 aromatic carbocycles. The molecule has 0 amide bonds. The lowest BCUT2D eigenvalue weighted by molar-refractivity contribution is -0.229. The quantitative estimate of drug-likeness (QED) is 0.258. The molecule has 2 N–H and O–H groups in total. The summed E-state index contributed by atoms with van der Waals surface area (Å²) < 4.78 is 0. The minimum absolute atomic E-state index is 0.0939. The molecule has 3 heteroatoms. The van der Waals surface area contributed by atoms with Gasteiger partial charge in [-0.05, 0) is 122 Å². The molecular formula is C30H49NO2. The van der Waals surface area contributed by atoms with Crippen LogP contribution in [-0.2, 0) is 0 Å². The minimum Gasteiger partial charge on any atom is -0.411 e. The highest BCUT2D eigenvalue weighted by Gasteiger charge is 2.70. The maximum absolute atomic E-state index is 10.5. The van der Waals surface area contributed by atoms with E-state index in [1.807, 2.05) is 0 Å². The zero-order valence-electron chi connectivity index (χ0n) is 22.2. The minimum atomic E-state index is -0.386. The second-order valence-electron chi connectivity index (χ2n) is 14.5. The zero-order chi connectivity index (χ0) is 24.0. The number of rotatable bonds is 2. The Hall–Kier alpha value is -0.830. The molecule has 5 fully saturated rings. The average molecular weight is 456 g/mol. The van der Waals surface area contributed by atoms with E-state index >= 15 is 0 Å². The fourth-order valence-corrected chi connectivity index (χ4v) is 11.5. The molecule has 5 rings (SSSR count). The van der Waals surface area contributed by atoms with Crippen LogP contribution in [-0.4, -0.2) is 22.6 Å². The van der Waals surface area contributed by atoms with Crippen LogP contribution in [0, 0.1) is 56.7 Å². The molecule has 0 aliphatic heterocycles. The SMILES string of the molecule is C=C(C)C1CC[C@]2(C)CC[C@]3(C)C(CCC4[C@@]5(C)CC/C(=N\O)[C@@](C)(CO)C5CC[C@]43C)C12. The molecule has 5 aliphatic rings. The van der Waals surface area contributed by atoms with Gasteiger partial charge in [0, 0.05) is 5.41 Å². The third-order valence-corrected chi connectivity index (χ3v) is 13.5. The molecule has 0 aromatic heterocycles. The first-order valence-electron chi connectivity index (χ1n) is 13.9. The first-order valence-corrected chi connectivity index (χ1v) is 13.9. The summed E-state index contributed by atoms with van der Waals surface area (Å²) in [6.07, 6.45) is 12.5. The van der Waals surface area contributed by atoms with Crippen LogP contribution >= 0.6 is 0 Å². The van der Waals surface area contributed by atoms with E-state index in [1.54, 1.807) is 0 Å². The first kappa shape index (κ1) is 23.9. The van der Waals surface area contributed by atoms with Crippen molar-refractivity contribution in [1.29, 1.82) is 0 Å². The van der Waals surface area contributed by atoms with E-state index in [9.17, 15) is 10.3 Å². The maximum atomic E-state index is 10.5. The van der Waals surface area contributed by atoms with Crippen LogP contribution in [0.2, 0.25) is 0 Å². The third-order valence-electron chi connectivity index (χ3n) is 13.5. The molecule has 186 valence electrons. The summed E-state index contributed by atoms with van der Waals surface area (Å²) in [4.78, 5) is 0. The van der Waals surface area contributed by atoms with E-state index in [-0.39, 0.29) is 17.4 Å². The Kier molecular flexibility index (Phi) is 5.31. The van der Waals surface area contributed by atoms with Crippen LogP contribution in [0.5, 0.6) is 0 Å². The summed E-state index contributed by atoms with van der Waals surface area (Å²) in [5, 5.41) is 24.0. The van der Waals surface area contributed by atoms with Gasteiger partial charge in [0.25, 0.3) is 0 Å². The normalized spacial score (nSPS) is 57.1. The van der Waals surface area contributed by atoms with Crippen molar-refractivity contribution in [3.63, 3.8) is 0 Å². The van der Waals surface area contributed by atoms with Gasteiger partial charge in [-0.15, -0.1) is 0 Å². The molecule has 5 unspecified atom stereocenters. The molecule has 5 saturated carbocycles. The zero-order valence-corrected chi connectivity index (χ0v) is 22.2. The van der Waals surface area contributed by atoms with Gasteiger partial charge in [0.05, 0.1) is 12.3 Å². The Morgan fingerprint density at radius 2 is 1.64 bits per heavy atom. The Balaban J connectivity index is 1.55. The average Bonchev–Trinajstić information content (AvgIpc) is 3.12. The summed E-state index contributed by atoms with van der Waals surface area (Å²) in [5.41, 5.74) is 3.31. The van der Waals surface area contributed by atoms with E-state index in [0.717, 1.165) is 36.8 Å². The van der Waals surface area contributed by atoms with Crippen LogP contribution in [0.3, 0.4) is 0 Å². The molecular weight excluding hydrogens is 406 g/mol. The number of hydrogen-bond acceptors (Lipinski definition) is 3. The van der Waals surface area contributed by atoms with Gasteiger partial charge in [-0.3, -0.25) is 0 Å². The molecule has 5 aliphatic carbocycles. The van der Waals surface area contributed by atoms with E-state index < -0.39 is 0 Å². The predicted octanol–water partition coefficient (Wildman–Crippen LogP) is 7.47. The van der Waals surface area contributed by atoms with Crippen LogP contribution in [0.15, 0.2) is 17.3 Å². The monoisotopic (exact) mass is 455 g/mol. The number of fused-ring (bicyclic) bond motifs is 7. The van der Waals surface area contributed by atoms with Crippen LogP contribution in [0.25, 0.3) is 0 Å². The van der Waals surface area contributed by atoms with Crippen molar-refractivity contribution in [2.45, 2.75) is 106 Å². The van der Waals surface area contributed by atoms with Crippen LogP contribution < -0.4 is 0 Å². The topological polar surface area (TPSA) is 52.8 Å². The molecule has 10 atom stereocenters. The first-order chi connectivity index (χ1) is 15.4. The van der Waals surface area contributed by atoms with Crippen molar-refractivity contribution >= 4 is 5.71 Å². The van der Waals surface area contributed by atoms with E-state index in [0.29, 0.717) is 34.0 Å². The van der Waals surface area contributed by atoms with Gasteiger partial charge >= 0.3 is 0 Å². The Morgan fingerprint density at radius 1 is 0.909 bits per heavy atom. The Labute approximate surface area is 202 Å². The van der Waals surface area contributed by atoms with Crippen LogP contribution in [0.1, 0.15) is 106 Å². The fourth-order valence-electron chi connectivity index (χ4n) is 11.5. The Morgan fingerprint density at radius 3 is 2.27 bits per heavy atom. The van der Waals surface area contributed by atoms with Gasteiger partial charge in [0.1, 0.15) is 0 Å². The molecule has 0 spiro atoms. The van der Waals surface area contributed by atoms with Crippen molar-refractivity contribution < 1.29 is 10.3 Å². The maximum Gasteiger partial charge on any atom is 0.0655 e. The number of hydrogen-bond donors (Lipinski definition) is 2. The third kappa shape index (κ3) is 2.81. The summed E-state index contributed by atoms with van der Waals surface area (Å²) in [6, 6.07) is 0. The fraction of sp³-hybridized carbons (Fsp3) is 0.900. The van der Waals surface area contributed by atoms with Crippen LogP contribution in [0.4, 0.5) is 0 Å². The predicted molar refractivity (Wildman–Crippen MR) is 135 cm³/mol. The smallest absolute Gasteiger partial charge is 0.0655 e. The lowest BCUT2D eigenvalue weighted by Gasteiger charge is -2.72. The lowest BCUT2D eigenvalue weighted by Crippen LogP contribution is -2.66. The van der Waals surface area contributed by atoms with Crippen molar-refractivity contribution in [3.05, 3.63) is 12.2 Å². The van der Waals surface area contributed by atoms with E-state index in [2.05, 4.69) is 53.3 Å². The van der Waals surface area contributed by atoms with Gasteiger partial charge in [0.2, 0.25) is 0 Å². The summed E-state index contributed by atoms with van der Waals surface area (Å²) in [6.45, 7) is 19.5. The van der Waals surface area contributed by atoms with Crippen molar-refractivity contribution in [2.24, 2.45) is 61.8 Å². The second-order valence-corrected chi connectivity index (χ2v) is 14.5. The van der Waals surface area contributed by atoms with Gasteiger partial charge in [-0.25, -0.2) is 0 Å². The number of allylic oxidation sites excluding steroid dienone is 1. The highest BCUT2D eigenvalue weighted by atomic mass is 16.4. The number of aliphatic hydroxyl groups excluding tert-OH is 1. The lowest BCUT2D eigenvalue weighted by atomic mass is 9.32. The van der Waals surface area contributed by atoms with Gasteiger partial charge in [-0.1, -0.05) is 51.9 Å². The number of nitrogens with zero attached hydrogens (tertiary/aromatic N) is 1. The van der Waals surface area contributed by atoms with Gasteiger partial charge < -0.3 is 10.3 Å². The van der Waals surface area contributed by atoms with Crippen molar-refractivity contribution in [2.75, 3.05) is 6.61 Å². The summed E-state index contributed by atoms with van der Waals surface area (Å²) in [7, 11) is 0. The standard InChI is InChI=1S/C30H49NO2/c1-19(2)20-10-13-26(3)16-17-29(6)21(25(20)26)8-9-23-27(4)14-12-24(31-33)28(5,18-32)22(27)11-15-30(23,29)7/h20-23,25,32-33H,1,8-18H2,2-7H3/b31-24+/t20?,21?,22?,23?,25?,26-,27+,28+,29-,30-/m1/s1. The molecule has 0 radical (unpaired) electrons. The number of aliphatic hydroxyl groups is 1.